The second-order valence-corrected chi connectivity index (χ2v) is 6.30. The molecule has 0 aliphatic heterocycles. The van der Waals surface area contributed by atoms with Crippen molar-refractivity contribution in [2.45, 2.75) is 25.9 Å². The van der Waals surface area contributed by atoms with E-state index in [1.54, 1.807) is 17.4 Å². The van der Waals surface area contributed by atoms with Gasteiger partial charge in [-0.3, -0.25) is 4.90 Å². The average molecular weight is 307 g/mol. The van der Waals surface area contributed by atoms with Crippen LogP contribution in [0.3, 0.4) is 0 Å². The summed E-state index contributed by atoms with van der Waals surface area (Å²) in [5.74, 6) is -0.462. The molecule has 0 aliphatic rings. The largest absolute Gasteiger partial charge is 0.488 e. The Morgan fingerprint density at radius 3 is 2.71 bits per heavy atom. The lowest BCUT2D eigenvalue weighted by Gasteiger charge is -2.25. The van der Waals surface area contributed by atoms with Crippen molar-refractivity contribution >= 4 is 23.9 Å². The third-order valence-electron chi connectivity index (χ3n) is 3.63. The topological polar surface area (TPSA) is 43.7 Å². The first kappa shape index (κ1) is 16.2. The van der Waals surface area contributed by atoms with Gasteiger partial charge in [-0.15, -0.1) is 11.3 Å². The SMILES string of the molecule is CC(Cc1cccs1)N(C)Cc1ccc(F)cc1B(O)O. The lowest BCUT2D eigenvalue weighted by Crippen LogP contribution is -2.37. The van der Waals surface area contributed by atoms with Crippen LogP contribution in [0.5, 0.6) is 0 Å². The van der Waals surface area contributed by atoms with Crippen molar-refractivity contribution < 1.29 is 14.4 Å². The predicted octanol–water partition coefficient (Wildman–Crippen LogP) is 1.63. The van der Waals surface area contributed by atoms with Crippen LogP contribution >= 0.6 is 11.3 Å². The molecule has 1 heterocycles. The molecule has 112 valence electrons. The summed E-state index contributed by atoms with van der Waals surface area (Å²) in [6, 6.07) is 8.58. The Hall–Kier alpha value is -1.21. The molecular formula is C15H19BFNO2S. The zero-order chi connectivity index (χ0) is 15.4. The summed E-state index contributed by atoms with van der Waals surface area (Å²) in [6.07, 6.45) is 0.937. The van der Waals surface area contributed by atoms with Crippen molar-refractivity contribution in [1.29, 1.82) is 0 Å². The van der Waals surface area contributed by atoms with Crippen molar-refractivity contribution in [2.24, 2.45) is 0 Å². The van der Waals surface area contributed by atoms with E-state index in [9.17, 15) is 14.4 Å². The van der Waals surface area contributed by atoms with Gasteiger partial charge in [0.25, 0.3) is 0 Å². The van der Waals surface area contributed by atoms with E-state index in [0.717, 1.165) is 12.0 Å². The minimum Gasteiger partial charge on any atom is -0.423 e. The third-order valence-corrected chi connectivity index (χ3v) is 4.53. The van der Waals surface area contributed by atoms with Crippen LogP contribution in [0.1, 0.15) is 17.4 Å². The van der Waals surface area contributed by atoms with Gasteiger partial charge in [0, 0.05) is 17.5 Å². The maximum atomic E-state index is 13.2. The van der Waals surface area contributed by atoms with Crippen LogP contribution in [0.25, 0.3) is 0 Å². The highest BCUT2D eigenvalue weighted by atomic mass is 32.1. The summed E-state index contributed by atoms with van der Waals surface area (Å²) in [7, 11) is 0.325. The third kappa shape index (κ3) is 4.38. The van der Waals surface area contributed by atoms with Gasteiger partial charge in [-0.05, 0) is 55.0 Å². The molecule has 21 heavy (non-hydrogen) atoms. The average Bonchev–Trinajstić information content (AvgIpc) is 2.93. The van der Waals surface area contributed by atoms with Gasteiger partial charge in [-0.2, -0.15) is 0 Å². The minimum atomic E-state index is -1.66. The molecule has 3 nitrogen and oxygen atoms in total. The smallest absolute Gasteiger partial charge is 0.423 e. The summed E-state index contributed by atoms with van der Waals surface area (Å²) in [5, 5.41) is 20.8. The Balaban J connectivity index is 2.06. The highest BCUT2D eigenvalue weighted by Crippen LogP contribution is 2.15. The molecule has 1 aromatic carbocycles. The van der Waals surface area contributed by atoms with Gasteiger partial charge >= 0.3 is 7.12 Å². The van der Waals surface area contributed by atoms with Gasteiger partial charge in [0.2, 0.25) is 0 Å². The van der Waals surface area contributed by atoms with Crippen LogP contribution in [0.4, 0.5) is 4.39 Å². The summed E-state index contributed by atoms with van der Waals surface area (Å²) >= 11 is 1.73. The van der Waals surface area contributed by atoms with Crippen molar-refractivity contribution in [3.05, 3.63) is 52.0 Å². The Morgan fingerprint density at radius 2 is 2.10 bits per heavy atom. The van der Waals surface area contributed by atoms with Crippen molar-refractivity contribution in [1.82, 2.24) is 4.90 Å². The van der Waals surface area contributed by atoms with Crippen LogP contribution in [0, 0.1) is 5.82 Å². The molecule has 0 radical (unpaired) electrons. The first-order chi connectivity index (χ1) is 9.97. The number of benzene rings is 1. The fraction of sp³-hybridized carbons (Fsp3) is 0.333. The van der Waals surface area contributed by atoms with Crippen molar-refractivity contribution in [3.8, 4) is 0 Å². The lowest BCUT2D eigenvalue weighted by atomic mass is 9.77. The van der Waals surface area contributed by atoms with Gasteiger partial charge in [0.15, 0.2) is 0 Å². The van der Waals surface area contributed by atoms with Gasteiger partial charge in [0.1, 0.15) is 5.82 Å². The molecular weight excluding hydrogens is 288 g/mol. The number of halogens is 1. The number of hydrogen-bond donors (Lipinski definition) is 2. The van der Waals surface area contributed by atoms with E-state index < -0.39 is 12.9 Å². The molecule has 2 rings (SSSR count). The Labute approximate surface area is 128 Å². The van der Waals surface area contributed by atoms with Crippen LogP contribution in [0.15, 0.2) is 35.7 Å². The van der Waals surface area contributed by atoms with Crippen molar-refractivity contribution in [3.63, 3.8) is 0 Å². The summed E-state index contributed by atoms with van der Waals surface area (Å²) in [5.41, 5.74) is 0.956. The van der Waals surface area contributed by atoms with E-state index in [1.165, 1.54) is 17.0 Å². The summed E-state index contributed by atoms with van der Waals surface area (Å²) in [4.78, 5) is 3.44. The summed E-state index contributed by atoms with van der Waals surface area (Å²) in [6.45, 7) is 2.66. The Bertz CT molecular complexity index is 577. The molecule has 2 aromatic rings. The van der Waals surface area contributed by atoms with E-state index >= 15 is 0 Å². The molecule has 0 bridgehead atoms. The first-order valence-electron chi connectivity index (χ1n) is 6.84. The molecule has 0 fully saturated rings. The molecule has 0 saturated carbocycles. The number of nitrogens with zero attached hydrogens (tertiary/aromatic N) is 1. The maximum absolute atomic E-state index is 13.2. The fourth-order valence-corrected chi connectivity index (χ4v) is 3.08. The highest BCUT2D eigenvalue weighted by molar-refractivity contribution is 7.09. The molecule has 0 amide bonds. The zero-order valence-electron chi connectivity index (χ0n) is 12.2. The van der Waals surface area contributed by atoms with E-state index in [-0.39, 0.29) is 5.46 Å². The van der Waals surface area contributed by atoms with Crippen LogP contribution in [-0.4, -0.2) is 35.2 Å². The van der Waals surface area contributed by atoms with Gasteiger partial charge < -0.3 is 10.0 Å². The quantitative estimate of drug-likeness (QED) is 0.797. The maximum Gasteiger partial charge on any atom is 0.488 e. The van der Waals surface area contributed by atoms with Gasteiger partial charge in [-0.1, -0.05) is 12.1 Å². The molecule has 0 aliphatic carbocycles. The molecule has 0 saturated heterocycles. The zero-order valence-corrected chi connectivity index (χ0v) is 13.0. The second-order valence-electron chi connectivity index (χ2n) is 5.26. The van der Waals surface area contributed by atoms with Crippen LogP contribution < -0.4 is 5.46 Å². The van der Waals surface area contributed by atoms with E-state index in [0.29, 0.717) is 12.6 Å². The highest BCUT2D eigenvalue weighted by Gasteiger charge is 2.19. The molecule has 6 heteroatoms. The van der Waals surface area contributed by atoms with Crippen molar-refractivity contribution in [2.75, 3.05) is 7.05 Å². The summed E-state index contributed by atoms with van der Waals surface area (Å²) < 4.78 is 13.2. The molecule has 0 spiro atoms. The number of thiophene rings is 1. The van der Waals surface area contributed by atoms with E-state index in [4.69, 9.17) is 0 Å². The predicted molar refractivity (Wildman–Crippen MR) is 85.2 cm³/mol. The molecule has 1 aromatic heterocycles. The standard InChI is InChI=1S/C15H19BFNO2S/c1-11(8-14-4-3-7-21-14)18(2)10-12-5-6-13(17)9-15(12)16(19)20/h3-7,9,11,19-20H,8,10H2,1-2H3. The van der Waals surface area contributed by atoms with Gasteiger partial charge in [-0.25, -0.2) is 4.39 Å². The fourth-order valence-electron chi connectivity index (χ4n) is 2.25. The molecule has 1 atom stereocenters. The second kappa shape index (κ2) is 7.18. The number of hydrogen-bond acceptors (Lipinski definition) is 4. The van der Waals surface area contributed by atoms with Crippen LogP contribution in [-0.2, 0) is 13.0 Å². The first-order valence-corrected chi connectivity index (χ1v) is 7.72. The van der Waals surface area contributed by atoms with E-state index in [1.807, 2.05) is 13.1 Å². The Kier molecular flexibility index (Phi) is 5.53. The normalized spacial score (nSPS) is 12.7. The number of likely N-dealkylation sites (N-methyl/N-ethyl adjacent to an activating group) is 1. The minimum absolute atomic E-state index is 0.227. The number of rotatable bonds is 6. The lowest BCUT2D eigenvalue weighted by molar-refractivity contribution is 0.249. The van der Waals surface area contributed by atoms with Crippen LogP contribution in [0.2, 0.25) is 0 Å². The molecule has 1 unspecified atom stereocenters. The van der Waals surface area contributed by atoms with Gasteiger partial charge in [0.05, 0.1) is 0 Å². The monoisotopic (exact) mass is 307 g/mol. The molecule has 2 N–H and O–H groups in total. The van der Waals surface area contributed by atoms with E-state index in [2.05, 4.69) is 23.3 Å². The Morgan fingerprint density at radius 1 is 1.33 bits per heavy atom.